The van der Waals surface area contributed by atoms with Gasteiger partial charge in [-0.2, -0.15) is 0 Å². The zero-order valence-corrected chi connectivity index (χ0v) is 20.0. The average Bonchev–Trinajstić information content (AvgIpc) is 3.04. The van der Waals surface area contributed by atoms with E-state index in [9.17, 15) is 29.6 Å². The maximum atomic E-state index is 12.0. The number of ether oxygens (including phenoxy) is 4. The third-order valence-electron chi connectivity index (χ3n) is 4.97. The summed E-state index contributed by atoms with van der Waals surface area (Å²) < 4.78 is 22.8. The molecule has 36 heavy (non-hydrogen) atoms. The van der Waals surface area contributed by atoms with E-state index in [1.807, 2.05) is 0 Å². The van der Waals surface area contributed by atoms with Gasteiger partial charge in [0.05, 0.1) is 17.0 Å². The number of carbonyl (C=O) groups is 3. The van der Waals surface area contributed by atoms with E-state index in [2.05, 4.69) is 22.4 Å². The highest BCUT2D eigenvalue weighted by atomic mass is 32.1. The Morgan fingerprint density at radius 3 is 2.33 bits per heavy atom. The largest absolute Gasteiger partial charge is 0.493 e. The highest BCUT2D eigenvalue weighted by Gasteiger charge is 2.49. The molecule has 192 valence electrons. The summed E-state index contributed by atoms with van der Waals surface area (Å²) in [6, 6.07) is 3.61. The second-order valence-corrected chi connectivity index (χ2v) is 7.98. The number of carbonyl (C=O) groups excluding carboxylic acids is 3. The molecular formula is C20H21N5O10S. The van der Waals surface area contributed by atoms with Crippen LogP contribution < -0.4 is 5.73 Å². The quantitative estimate of drug-likeness (QED) is 0.139. The molecule has 2 heterocycles. The summed E-state index contributed by atoms with van der Waals surface area (Å²) in [5.74, 6) is -2.87. The fourth-order valence-electron chi connectivity index (χ4n) is 3.79. The molecule has 0 radical (unpaired) electrons. The predicted octanol–water partition coefficient (Wildman–Crippen LogP) is 1.91. The van der Waals surface area contributed by atoms with Crippen molar-refractivity contribution < 1.29 is 43.4 Å². The number of nitrogens with zero attached hydrogens (tertiary/aromatic N) is 4. The Kier molecular flexibility index (Phi) is 7.79. The monoisotopic (exact) mass is 523 g/mol. The van der Waals surface area contributed by atoms with Gasteiger partial charge in [-0.05, 0) is 18.3 Å². The van der Waals surface area contributed by atoms with Crippen molar-refractivity contribution in [2.45, 2.75) is 45.3 Å². The molecule has 1 aliphatic heterocycles. The lowest BCUT2D eigenvalue weighted by molar-refractivity contribution is -0.384. The second-order valence-electron chi connectivity index (χ2n) is 7.56. The van der Waals surface area contributed by atoms with Crippen molar-refractivity contribution in [3.05, 3.63) is 28.3 Å². The number of non-ortho nitro benzene ring substituents is 1. The zero-order valence-electron chi connectivity index (χ0n) is 19.1. The first-order valence-electron chi connectivity index (χ1n) is 10.3. The van der Waals surface area contributed by atoms with Crippen LogP contribution in [0.5, 0.6) is 5.88 Å². The molecule has 4 atom stereocenters. The summed E-state index contributed by atoms with van der Waals surface area (Å²) in [4.78, 5) is 46.1. The van der Waals surface area contributed by atoms with E-state index in [1.165, 1.54) is 12.1 Å². The molecule has 0 amide bonds. The van der Waals surface area contributed by atoms with Gasteiger partial charge < -0.3 is 29.8 Å². The van der Waals surface area contributed by atoms with E-state index in [4.69, 9.17) is 24.7 Å². The van der Waals surface area contributed by atoms with E-state index < -0.39 is 53.3 Å². The summed E-state index contributed by atoms with van der Waals surface area (Å²) in [5, 5.41) is 29.5. The van der Waals surface area contributed by atoms with Gasteiger partial charge in [0.25, 0.3) is 5.69 Å². The molecule has 1 aliphatic rings. The minimum atomic E-state index is -1.43. The summed E-state index contributed by atoms with van der Waals surface area (Å²) in [5.41, 5.74) is 4.96. The molecule has 1 aromatic heterocycles. The molecule has 0 saturated carbocycles. The first-order chi connectivity index (χ1) is 16.9. The normalized spacial score (nSPS) is 21.8. The van der Waals surface area contributed by atoms with Crippen LogP contribution in [0.4, 0.5) is 11.4 Å². The van der Waals surface area contributed by atoms with E-state index in [-0.39, 0.29) is 34.0 Å². The third kappa shape index (κ3) is 5.55. The maximum absolute atomic E-state index is 12.0. The van der Waals surface area contributed by atoms with Gasteiger partial charge in [-0.15, -0.1) is 10.2 Å². The van der Waals surface area contributed by atoms with Crippen LogP contribution in [0.2, 0.25) is 0 Å². The number of rotatable bonds is 6. The van der Waals surface area contributed by atoms with Crippen LogP contribution in [0.25, 0.3) is 10.9 Å². The molecule has 1 aromatic carbocycles. The Hall–Kier alpha value is -4.18. The van der Waals surface area contributed by atoms with Crippen LogP contribution in [-0.2, 0) is 33.3 Å². The number of azo groups is 1. The Morgan fingerprint density at radius 1 is 1.17 bits per heavy atom. The molecule has 1 fully saturated rings. The van der Waals surface area contributed by atoms with Gasteiger partial charge in [-0.25, -0.2) is 0 Å². The van der Waals surface area contributed by atoms with Gasteiger partial charge >= 0.3 is 17.9 Å². The first-order valence-corrected chi connectivity index (χ1v) is 10.7. The van der Waals surface area contributed by atoms with Crippen molar-refractivity contribution in [2.24, 2.45) is 16.0 Å². The van der Waals surface area contributed by atoms with E-state index in [0.29, 0.717) is 0 Å². The van der Waals surface area contributed by atoms with Gasteiger partial charge in [0.1, 0.15) is 0 Å². The van der Waals surface area contributed by atoms with Crippen LogP contribution >= 0.6 is 12.2 Å². The van der Waals surface area contributed by atoms with Crippen molar-refractivity contribution in [3.63, 3.8) is 0 Å². The molecule has 4 unspecified atom stereocenters. The molecule has 3 N–H and O–H groups in total. The molecule has 3 rings (SSSR count). The molecule has 0 bridgehead atoms. The average molecular weight is 523 g/mol. The topological polar surface area (TPSA) is 207 Å². The number of esters is 3. The highest BCUT2D eigenvalue weighted by molar-refractivity contribution is 7.80. The molecule has 2 aromatic rings. The Morgan fingerprint density at radius 2 is 1.78 bits per heavy atom. The Bertz CT molecular complexity index is 1280. The van der Waals surface area contributed by atoms with Crippen LogP contribution in [-0.4, -0.2) is 62.5 Å². The number of hydrogen-bond acceptors (Lipinski definition) is 12. The SMILES string of the molecule is CC(=O)OC1COC(n2c(O)c(N=NC(N)=S)c3cc([N+](=O)[O-])ccc32)C(OC(C)=O)C1OC(C)=O. The minimum Gasteiger partial charge on any atom is -0.493 e. The standard InChI is InChI=1S/C20H21N5O10S/c1-8(26)33-14-7-32-19(17(35-10(3)28)16(14)34-9(2)27)24-13-5-4-11(25(30)31)6-12(13)15(18(24)29)22-23-20(21)36/h4-6,14,16-17,19,29H,7H2,1-3H3,(H2,21,36). The third-order valence-corrected chi connectivity index (χ3v) is 5.05. The first kappa shape index (κ1) is 26.4. The smallest absolute Gasteiger partial charge is 0.303 e. The van der Waals surface area contributed by atoms with Crippen LogP contribution in [0.3, 0.4) is 0 Å². The van der Waals surface area contributed by atoms with Crippen molar-refractivity contribution in [1.29, 1.82) is 0 Å². The van der Waals surface area contributed by atoms with Gasteiger partial charge in [0.15, 0.2) is 30.2 Å². The molecule has 15 nitrogen and oxygen atoms in total. The van der Waals surface area contributed by atoms with Crippen molar-refractivity contribution in [2.75, 3.05) is 6.61 Å². The highest BCUT2D eigenvalue weighted by Crippen LogP contribution is 2.45. The summed E-state index contributed by atoms with van der Waals surface area (Å²) in [6.45, 7) is 3.01. The van der Waals surface area contributed by atoms with Gasteiger partial charge in [-0.1, -0.05) is 0 Å². The number of fused-ring (bicyclic) bond motifs is 1. The van der Waals surface area contributed by atoms with E-state index >= 15 is 0 Å². The summed E-state index contributed by atoms with van der Waals surface area (Å²) >= 11 is 4.68. The number of hydrogen-bond donors (Lipinski definition) is 2. The van der Waals surface area contributed by atoms with Gasteiger partial charge in [0, 0.05) is 38.3 Å². The minimum absolute atomic E-state index is 0.0676. The second kappa shape index (κ2) is 10.6. The van der Waals surface area contributed by atoms with E-state index in [0.717, 1.165) is 31.4 Å². The number of nitro benzene ring substituents is 1. The number of aromatic hydroxyl groups is 1. The number of thiocarbonyl (C=S) groups is 1. The lowest BCUT2D eigenvalue weighted by Crippen LogP contribution is -2.55. The van der Waals surface area contributed by atoms with Crippen molar-refractivity contribution in [3.8, 4) is 5.88 Å². The van der Waals surface area contributed by atoms with Gasteiger partial charge in [-0.3, -0.25) is 29.1 Å². The molecule has 1 saturated heterocycles. The van der Waals surface area contributed by atoms with Crippen LogP contribution in [0, 0.1) is 10.1 Å². The zero-order chi connectivity index (χ0) is 26.7. The molecular weight excluding hydrogens is 502 g/mol. The fraction of sp³-hybridized carbons (Fsp3) is 0.400. The van der Waals surface area contributed by atoms with Crippen molar-refractivity contribution >= 4 is 57.5 Å². The number of nitrogens with two attached hydrogens (primary N) is 1. The molecule has 0 aliphatic carbocycles. The Balaban J connectivity index is 2.24. The maximum Gasteiger partial charge on any atom is 0.303 e. The number of aromatic nitrogens is 1. The molecule has 0 spiro atoms. The molecule has 16 heteroatoms. The van der Waals surface area contributed by atoms with Crippen molar-refractivity contribution in [1.82, 2.24) is 4.57 Å². The number of nitro groups is 1. The van der Waals surface area contributed by atoms with Gasteiger partial charge in [0.2, 0.25) is 11.0 Å². The Labute approximate surface area is 207 Å². The lowest BCUT2D eigenvalue weighted by atomic mass is 10.0. The predicted molar refractivity (Wildman–Crippen MR) is 123 cm³/mol. The van der Waals surface area contributed by atoms with Crippen LogP contribution in [0.15, 0.2) is 28.4 Å². The summed E-state index contributed by atoms with van der Waals surface area (Å²) in [7, 11) is 0. The van der Waals surface area contributed by atoms with E-state index in [1.54, 1.807) is 0 Å². The fourth-order valence-corrected chi connectivity index (χ4v) is 3.83. The van der Waals surface area contributed by atoms with Crippen LogP contribution in [0.1, 0.15) is 27.0 Å². The lowest BCUT2D eigenvalue weighted by Gasteiger charge is -2.41. The number of benzene rings is 1. The summed E-state index contributed by atoms with van der Waals surface area (Å²) in [6.07, 6.45) is -5.26.